The quantitative estimate of drug-likeness (QED) is 0.822. The lowest BCUT2D eigenvalue weighted by atomic mass is 9.94. The Morgan fingerprint density at radius 2 is 2.12 bits per heavy atom. The van der Waals surface area contributed by atoms with Crippen molar-refractivity contribution < 1.29 is 5.11 Å². The predicted octanol–water partition coefficient (Wildman–Crippen LogP) is 1.91. The van der Waals surface area contributed by atoms with Crippen LogP contribution in [0, 0.1) is 5.92 Å². The molecule has 0 bridgehead atoms. The number of piperidine rings is 1. The van der Waals surface area contributed by atoms with Gasteiger partial charge in [0.05, 0.1) is 6.10 Å². The third-order valence-electron chi connectivity index (χ3n) is 3.69. The first-order valence-electron chi connectivity index (χ1n) is 6.37. The van der Waals surface area contributed by atoms with Gasteiger partial charge in [-0.25, -0.2) is 0 Å². The van der Waals surface area contributed by atoms with Gasteiger partial charge in [-0.2, -0.15) is 0 Å². The van der Waals surface area contributed by atoms with Crippen LogP contribution in [0.4, 0.5) is 5.69 Å². The molecule has 0 saturated carbocycles. The van der Waals surface area contributed by atoms with Gasteiger partial charge in [0.25, 0.3) is 0 Å². The van der Waals surface area contributed by atoms with Crippen molar-refractivity contribution in [3.05, 3.63) is 29.8 Å². The highest BCUT2D eigenvalue weighted by Gasteiger charge is 2.25. The van der Waals surface area contributed by atoms with Crippen molar-refractivity contribution in [2.24, 2.45) is 11.7 Å². The van der Waals surface area contributed by atoms with Crippen molar-refractivity contribution in [3.63, 3.8) is 0 Å². The number of hydrogen-bond donors (Lipinski definition) is 2. The average molecular weight is 234 g/mol. The number of rotatable bonds is 2. The van der Waals surface area contributed by atoms with Crippen LogP contribution in [0.3, 0.4) is 0 Å². The van der Waals surface area contributed by atoms with Crippen LogP contribution < -0.4 is 10.6 Å². The van der Waals surface area contributed by atoms with Gasteiger partial charge in [0.1, 0.15) is 0 Å². The Morgan fingerprint density at radius 1 is 1.41 bits per heavy atom. The normalized spacial score (nSPS) is 26.9. The predicted molar refractivity (Wildman–Crippen MR) is 71.0 cm³/mol. The Kier molecular flexibility index (Phi) is 3.69. The summed E-state index contributed by atoms with van der Waals surface area (Å²) in [6.45, 7) is 5.83. The molecule has 3 N–H and O–H groups in total. The molecule has 94 valence electrons. The van der Waals surface area contributed by atoms with Crippen LogP contribution in [-0.4, -0.2) is 24.3 Å². The van der Waals surface area contributed by atoms with E-state index in [2.05, 4.69) is 24.0 Å². The Balaban J connectivity index is 2.22. The van der Waals surface area contributed by atoms with Gasteiger partial charge in [0.2, 0.25) is 0 Å². The van der Waals surface area contributed by atoms with Crippen molar-refractivity contribution in [3.8, 4) is 0 Å². The molecule has 0 aliphatic carbocycles. The fourth-order valence-electron chi connectivity index (χ4n) is 2.43. The largest absolute Gasteiger partial charge is 0.391 e. The van der Waals surface area contributed by atoms with Gasteiger partial charge in [-0.1, -0.05) is 25.1 Å². The summed E-state index contributed by atoms with van der Waals surface area (Å²) in [6, 6.07) is 8.26. The molecule has 3 atom stereocenters. The zero-order valence-electron chi connectivity index (χ0n) is 10.6. The van der Waals surface area contributed by atoms with E-state index in [1.165, 1.54) is 5.69 Å². The second-order valence-corrected chi connectivity index (χ2v) is 5.13. The summed E-state index contributed by atoms with van der Waals surface area (Å²) >= 11 is 0. The van der Waals surface area contributed by atoms with E-state index in [-0.39, 0.29) is 12.1 Å². The second kappa shape index (κ2) is 5.07. The van der Waals surface area contributed by atoms with Crippen LogP contribution in [0.2, 0.25) is 0 Å². The minimum absolute atomic E-state index is 0.0303. The van der Waals surface area contributed by atoms with Crippen LogP contribution >= 0.6 is 0 Å². The maximum absolute atomic E-state index is 9.97. The van der Waals surface area contributed by atoms with Gasteiger partial charge in [0.15, 0.2) is 0 Å². The maximum Gasteiger partial charge on any atom is 0.0741 e. The molecule has 1 aromatic rings. The highest BCUT2D eigenvalue weighted by Crippen LogP contribution is 2.29. The first kappa shape index (κ1) is 12.4. The van der Waals surface area contributed by atoms with Crippen molar-refractivity contribution in [2.45, 2.75) is 32.4 Å². The number of para-hydroxylation sites is 1. The Labute approximate surface area is 103 Å². The molecular formula is C14H22N2O. The minimum atomic E-state index is -0.232. The first-order chi connectivity index (χ1) is 8.09. The molecule has 1 aromatic carbocycles. The van der Waals surface area contributed by atoms with Crippen molar-refractivity contribution >= 4 is 5.69 Å². The van der Waals surface area contributed by atoms with E-state index in [4.69, 9.17) is 5.73 Å². The summed E-state index contributed by atoms with van der Waals surface area (Å²) < 4.78 is 0. The van der Waals surface area contributed by atoms with E-state index in [0.29, 0.717) is 12.5 Å². The van der Waals surface area contributed by atoms with E-state index in [0.717, 1.165) is 18.5 Å². The topological polar surface area (TPSA) is 49.5 Å². The van der Waals surface area contributed by atoms with E-state index >= 15 is 0 Å². The van der Waals surface area contributed by atoms with Gasteiger partial charge in [0, 0.05) is 24.8 Å². The molecule has 2 unspecified atom stereocenters. The summed E-state index contributed by atoms with van der Waals surface area (Å²) in [6.07, 6.45) is 0.805. The number of nitrogens with zero attached hydrogens (tertiary/aromatic N) is 1. The molecule has 0 amide bonds. The molecule has 1 heterocycles. The summed E-state index contributed by atoms with van der Waals surface area (Å²) in [4.78, 5) is 2.25. The molecule has 1 saturated heterocycles. The van der Waals surface area contributed by atoms with Gasteiger partial charge in [-0.3, -0.25) is 0 Å². The Bertz CT molecular complexity index is 378. The van der Waals surface area contributed by atoms with E-state index in [1.807, 2.05) is 19.1 Å². The zero-order valence-corrected chi connectivity index (χ0v) is 10.6. The van der Waals surface area contributed by atoms with Crippen molar-refractivity contribution in [2.75, 3.05) is 18.0 Å². The smallest absolute Gasteiger partial charge is 0.0741 e. The summed E-state index contributed by atoms with van der Waals surface area (Å²) in [5.74, 6) is 0.397. The van der Waals surface area contributed by atoms with E-state index in [9.17, 15) is 5.11 Å². The summed E-state index contributed by atoms with van der Waals surface area (Å²) in [5, 5.41) is 9.97. The average Bonchev–Trinajstić information content (AvgIpc) is 2.32. The summed E-state index contributed by atoms with van der Waals surface area (Å²) in [7, 11) is 0. The third kappa shape index (κ3) is 2.61. The SMILES string of the molecule is CC1CCN(c2ccccc2[C@@H](C)N)CC1O. The number of β-amino-alcohol motifs (C(OH)–C–C–N with tert-alkyl or cyclic N) is 1. The monoisotopic (exact) mass is 234 g/mol. The molecule has 3 heteroatoms. The zero-order chi connectivity index (χ0) is 12.4. The molecule has 17 heavy (non-hydrogen) atoms. The molecule has 0 radical (unpaired) electrons. The van der Waals surface area contributed by atoms with E-state index < -0.39 is 0 Å². The Morgan fingerprint density at radius 3 is 2.76 bits per heavy atom. The number of hydrogen-bond acceptors (Lipinski definition) is 3. The lowest BCUT2D eigenvalue weighted by molar-refractivity contribution is 0.103. The summed E-state index contributed by atoms with van der Waals surface area (Å²) in [5.41, 5.74) is 8.33. The fraction of sp³-hybridized carbons (Fsp3) is 0.571. The molecule has 1 aliphatic heterocycles. The fourth-order valence-corrected chi connectivity index (χ4v) is 2.43. The first-order valence-corrected chi connectivity index (χ1v) is 6.37. The van der Waals surface area contributed by atoms with Crippen molar-refractivity contribution in [1.29, 1.82) is 0 Å². The van der Waals surface area contributed by atoms with Gasteiger partial charge >= 0.3 is 0 Å². The number of anilines is 1. The van der Waals surface area contributed by atoms with Crippen LogP contribution in [0.25, 0.3) is 0 Å². The number of aliphatic hydroxyl groups is 1. The Hall–Kier alpha value is -1.06. The molecule has 1 fully saturated rings. The molecule has 1 aliphatic rings. The maximum atomic E-state index is 9.97. The van der Waals surface area contributed by atoms with Crippen LogP contribution in [-0.2, 0) is 0 Å². The van der Waals surface area contributed by atoms with Crippen LogP contribution in [0.1, 0.15) is 31.9 Å². The lowest BCUT2D eigenvalue weighted by Crippen LogP contribution is -2.43. The number of nitrogens with two attached hydrogens (primary N) is 1. The number of aliphatic hydroxyl groups excluding tert-OH is 1. The molecule has 0 aromatic heterocycles. The minimum Gasteiger partial charge on any atom is -0.391 e. The van der Waals surface area contributed by atoms with Gasteiger partial charge in [-0.15, -0.1) is 0 Å². The highest BCUT2D eigenvalue weighted by molar-refractivity contribution is 5.55. The number of benzene rings is 1. The highest BCUT2D eigenvalue weighted by atomic mass is 16.3. The molecular weight excluding hydrogens is 212 g/mol. The van der Waals surface area contributed by atoms with Gasteiger partial charge < -0.3 is 15.7 Å². The van der Waals surface area contributed by atoms with Gasteiger partial charge in [-0.05, 0) is 30.9 Å². The molecule has 2 rings (SSSR count). The molecule has 3 nitrogen and oxygen atoms in total. The lowest BCUT2D eigenvalue weighted by Gasteiger charge is -2.37. The van der Waals surface area contributed by atoms with Crippen LogP contribution in [0.15, 0.2) is 24.3 Å². The van der Waals surface area contributed by atoms with Crippen molar-refractivity contribution in [1.82, 2.24) is 0 Å². The van der Waals surface area contributed by atoms with E-state index in [1.54, 1.807) is 0 Å². The third-order valence-corrected chi connectivity index (χ3v) is 3.69. The standard InChI is InChI=1S/C14H22N2O/c1-10-7-8-16(9-14(10)17)13-6-4-3-5-12(13)11(2)15/h3-6,10-11,14,17H,7-9,15H2,1-2H3/t10?,11-,14?/m1/s1. The second-order valence-electron chi connectivity index (χ2n) is 5.13. The molecule has 0 spiro atoms. The van der Waals surface area contributed by atoms with Crippen LogP contribution in [0.5, 0.6) is 0 Å².